The molecule has 0 spiro atoms. The van der Waals surface area contributed by atoms with Gasteiger partial charge in [0, 0.05) is 0 Å². The number of aliphatic hydroxyl groups is 2. The standard InChI is InChI=1S/C4H6O6.K.Zr/c5-1(3(7)8)2(6)4(9)10;;/h1-2,5-6H,(H,7,8)(H,9,10);;/q;+1;+4/p-2. The number of hydrogen-bond donors (Lipinski definition) is 2. The summed E-state index contributed by atoms with van der Waals surface area (Å²) in [6.07, 6.45) is -4.88. The molecule has 12 heavy (non-hydrogen) atoms. The van der Waals surface area contributed by atoms with Gasteiger partial charge >= 0.3 is 77.6 Å². The molecule has 58 valence electrons. The zero-order chi connectivity index (χ0) is 8.31. The third-order valence-corrected chi connectivity index (χ3v) is 0.782. The van der Waals surface area contributed by atoms with Crippen LogP contribution in [-0.4, -0.2) is 34.4 Å². The molecule has 0 aliphatic heterocycles. The molecule has 0 aromatic rings. The van der Waals surface area contributed by atoms with E-state index in [9.17, 15) is 19.8 Å². The van der Waals surface area contributed by atoms with E-state index in [2.05, 4.69) is 0 Å². The van der Waals surface area contributed by atoms with Gasteiger partial charge in [-0.05, 0) is 0 Å². The number of aliphatic hydroxyl groups excluding tert-OH is 2. The summed E-state index contributed by atoms with van der Waals surface area (Å²) in [5, 5.41) is 35.7. The maximum atomic E-state index is 9.63. The van der Waals surface area contributed by atoms with Crippen molar-refractivity contribution in [3.05, 3.63) is 0 Å². The van der Waals surface area contributed by atoms with Crippen LogP contribution in [0.2, 0.25) is 0 Å². The Morgan fingerprint density at radius 1 is 1.00 bits per heavy atom. The fourth-order valence-electron chi connectivity index (χ4n) is 0.258. The summed E-state index contributed by atoms with van der Waals surface area (Å²) in [7, 11) is 0. The summed E-state index contributed by atoms with van der Waals surface area (Å²) in [4.78, 5) is 19.3. The van der Waals surface area contributed by atoms with Gasteiger partial charge < -0.3 is 30.0 Å². The Morgan fingerprint density at radius 2 is 1.17 bits per heavy atom. The third kappa shape index (κ3) is 6.85. The van der Waals surface area contributed by atoms with Crippen molar-refractivity contribution in [2.75, 3.05) is 0 Å². The van der Waals surface area contributed by atoms with Crippen molar-refractivity contribution < 1.29 is 108 Å². The summed E-state index contributed by atoms with van der Waals surface area (Å²) in [6.45, 7) is 0. The summed E-state index contributed by atoms with van der Waals surface area (Å²) in [5.74, 6) is -4.12. The van der Waals surface area contributed by atoms with Crippen LogP contribution in [0, 0.1) is 0 Å². The van der Waals surface area contributed by atoms with E-state index in [-0.39, 0.29) is 77.6 Å². The fourth-order valence-corrected chi connectivity index (χ4v) is 0.258. The van der Waals surface area contributed by atoms with E-state index < -0.39 is 24.1 Å². The summed E-state index contributed by atoms with van der Waals surface area (Å²) in [6, 6.07) is 0. The molecular formula is C4H4KO6Zr+3. The van der Waals surface area contributed by atoms with Gasteiger partial charge in [0.1, 0.15) is 12.2 Å². The number of carboxylic acid groups (broad SMARTS) is 2. The van der Waals surface area contributed by atoms with E-state index >= 15 is 0 Å². The topological polar surface area (TPSA) is 121 Å². The molecule has 2 atom stereocenters. The van der Waals surface area contributed by atoms with E-state index in [0.717, 1.165) is 0 Å². The Morgan fingerprint density at radius 3 is 1.25 bits per heavy atom. The number of carbonyl (C=O) groups is 2. The van der Waals surface area contributed by atoms with Gasteiger partial charge in [-0.15, -0.1) is 0 Å². The molecule has 0 saturated carbocycles. The fraction of sp³-hybridized carbons (Fsp3) is 0.500. The average molecular weight is 278 g/mol. The van der Waals surface area contributed by atoms with Crippen molar-refractivity contribution in [2.24, 2.45) is 0 Å². The number of carboxylic acids is 2. The molecule has 0 fully saturated rings. The van der Waals surface area contributed by atoms with Crippen LogP contribution in [0.3, 0.4) is 0 Å². The van der Waals surface area contributed by atoms with E-state index in [0.29, 0.717) is 0 Å². The van der Waals surface area contributed by atoms with Crippen LogP contribution >= 0.6 is 0 Å². The van der Waals surface area contributed by atoms with Gasteiger partial charge in [0.15, 0.2) is 0 Å². The van der Waals surface area contributed by atoms with Crippen molar-refractivity contribution in [3.63, 3.8) is 0 Å². The first-order valence-electron chi connectivity index (χ1n) is 2.24. The van der Waals surface area contributed by atoms with Gasteiger partial charge in [-0.1, -0.05) is 0 Å². The van der Waals surface area contributed by atoms with Crippen LogP contribution in [0.4, 0.5) is 0 Å². The van der Waals surface area contributed by atoms with Crippen molar-refractivity contribution in [1.29, 1.82) is 0 Å². The zero-order valence-corrected chi connectivity index (χ0v) is 11.8. The van der Waals surface area contributed by atoms with E-state index in [1.54, 1.807) is 0 Å². The van der Waals surface area contributed by atoms with Crippen LogP contribution in [-0.2, 0) is 35.8 Å². The third-order valence-electron chi connectivity index (χ3n) is 0.782. The van der Waals surface area contributed by atoms with Crippen LogP contribution in [0.5, 0.6) is 0 Å². The van der Waals surface area contributed by atoms with Crippen LogP contribution < -0.4 is 61.6 Å². The summed E-state index contributed by atoms with van der Waals surface area (Å²) >= 11 is 0. The quantitative estimate of drug-likeness (QED) is 0.495. The van der Waals surface area contributed by atoms with E-state index in [1.165, 1.54) is 0 Å². The molecule has 0 rings (SSSR count). The van der Waals surface area contributed by atoms with Gasteiger partial charge in [-0.3, -0.25) is 0 Å². The molecule has 0 bridgehead atoms. The Labute approximate surface area is 130 Å². The molecule has 0 heterocycles. The predicted molar refractivity (Wildman–Crippen MR) is 22.0 cm³/mol. The van der Waals surface area contributed by atoms with E-state index in [1.807, 2.05) is 0 Å². The second-order valence-corrected chi connectivity index (χ2v) is 1.53. The largest absolute Gasteiger partial charge is 4.00 e. The number of rotatable bonds is 3. The number of aliphatic carboxylic acids is 2. The van der Waals surface area contributed by atoms with Crippen molar-refractivity contribution in [2.45, 2.75) is 12.2 Å². The molecule has 0 amide bonds. The molecule has 8 heteroatoms. The second kappa shape index (κ2) is 8.96. The summed E-state index contributed by atoms with van der Waals surface area (Å²) in [5.41, 5.74) is 0. The first-order chi connectivity index (χ1) is 4.46. The molecule has 6 nitrogen and oxygen atoms in total. The van der Waals surface area contributed by atoms with E-state index in [4.69, 9.17) is 10.2 Å². The molecule has 0 radical (unpaired) electrons. The van der Waals surface area contributed by atoms with Gasteiger partial charge in [-0.2, -0.15) is 0 Å². The number of hydrogen-bond acceptors (Lipinski definition) is 6. The molecule has 0 aromatic carbocycles. The molecule has 2 unspecified atom stereocenters. The van der Waals surface area contributed by atoms with Gasteiger partial charge in [0.05, 0.1) is 11.9 Å². The first kappa shape index (κ1) is 19.0. The zero-order valence-electron chi connectivity index (χ0n) is 6.18. The van der Waals surface area contributed by atoms with Crippen molar-refractivity contribution >= 4 is 11.9 Å². The molecule has 0 aliphatic carbocycles. The maximum absolute atomic E-state index is 9.63. The Bertz CT molecular complexity index is 144. The smallest absolute Gasteiger partial charge is 0.547 e. The minimum atomic E-state index is -2.44. The molecular weight excluding hydrogens is 274 g/mol. The van der Waals surface area contributed by atoms with Crippen molar-refractivity contribution in [3.8, 4) is 0 Å². The minimum Gasteiger partial charge on any atom is -0.547 e. The monoisotopic (exact) mass is 277 g/mol. The molecule has 0 aromatic heterocycles. The van der Waals surface area contributed by atoms with Crippen LogP contribution in [0.1, 0.15) is 0 Å². The maximum Gasteiger partial charge on any atom is 4.00 e. The Hall–Kier alpha value is 1.38. The Kier molecular flexibility index (Phi) is 14.2. The average Bonchev–Trinajstić information content (AvgIpc) is 1.84. The first-order valence-corrected chi connectivity index (χ1v) is 2.24. The molecule has 2 N–H and O–H groups in total. The van der Waals surface area contributed by atoms with Crippen molar-refractivity contribution in [1.82, 2.24) is 0 Å². The van der Waals surface area contributed by atoms with Gasteiger partial charge in [0.25, 0.3) is 0 Å². The molecule has 0 aliphatic rings. The van der Waals surface area contributed by atoms with Crippen LogP contribution in [0.25, 0.3) is 0 Å². The van der Waals surface area contributed by atoms with Gasteiger partial charge in [0.2, 0.25) is 0 Å². The Balaban J connectivity index is -0.000000405. The SMILES string of the molecule is O=C([O-])C(O)C(O)C(=O)[O-].[K+].[Zr+4]. The second-order valence-electron chi connectivity index (χ2n) is 1.53. The minimum absolute atomic E-state index is 0. The van der Waals surface area contributed by atoms with Gasteiger partial charge in [-0.25, -0.2) is 0 Å². The van der Waals surface area contributed by atoms with Crippen LogP contribution in [0.15, 0.2) is 0 Å². The number of carbonyl (C=O) groups excluding carboxylic acids is 2. The predicted octanol–water partition coefficient (Wildman–Crippen LogP) is -7.79. The molecule has 0 saturated heterocycles. The normalized spacial score (nSPS) is 13.2. The summed E-state index contributed by atoms with van der Waals surface area (Å²) < 4.78 is 0.